The third kappa shape index (κ3) is 3.91. The highest BCUT2D eigenvalue weighted by Crippen LogP contribution is 2.35. The van der Waals surface area contributed by atoms with Gasteiger partial charge < -0.3 is 5.32 Å². The summed E-state index contributed by atoms with van der Waals surface area (Å²) in [4.78, 5) is 21.2. The normalized spacial score (nSPS) is 17.2. The van der Waals surface area contributed by atoms with Gasteiger partial charge in [0.2, 0.25) is 5.91 Å². The van der Waals surface area contributed by atoms with Crippen molar-refractivity contribution in [2.24, 2.45) is 5.92 Å². The highest BCUT2D eigenvalue weighted by Gasteiger charge is 2.39. The molecule has 0 aromatic carbocycles. The number of rotatable bonds is 4. The lowest BCUT2D eigenvalue weighted by molar-refractivity contribution is -0.142. The van der Waals surface area contributed by atoms with Crippen molar-refractivity contribution in [3.05, 3.63) is 29.1 Å². The lowest BCUT2D eigenvalue weighted by Gasteiger charge is -2.25. The summed E-state index contributed by atoms with van der Waals surface area (Å²) in [7, 11) is 0. The van der Waals surface area contributed by atoms with Crippen molar-refractivity contribution in [2.75, 3.05) is 6.54 Å². The topological polar surface area (TPSA) is 98.5 Å². The molecule has 8 nitrogen and oxygen atoms in total. The van der Waals surface area contributed by atoms with Crippen LogP contribution in [0.3, 0.4) is 0 Å². The average Bonchev–Trinajstić information content (AvgIpc) is 3.06. The van der Waals surface area contributed by atoms with Crippen LogP contribution in [0.5, 0.6) is 0 Å². The number of alkyl halides is 3. The van der Waals surface area contributed by atoms with Gasteiger partial charge in [-0.3, -0.25) is 4.79 Å². The zero-order chi connectivity index (χ0) is 18.0. The predicted molar refractivity (Wildman–Crippen MR) is 78.1 cm³/mol. The summed E-state index contributed by atoms with van der Waals surface area (Å²) in [6.07, 6.45) is -2.52. The minimum absolute atomic E-state index is 0.0160. The molecule has 1 aliphatic rings. The summed E-state index contributed by atoms with van der Waals surface area (Å²) >= 11 is 0. The Bertz CT molecular complexity index is 761. The Balaban J connectivity index is 1.68. The molecule has 0 spiro atoms. The Morgan fingerprint density at radius 1 is 1.40 bits per heavy atom. The van der Waals surface area contributed by atoms with Crippen LogP contribution in [0, 0.1) is 12.8 Å². The van der Waals surface area contributed by atoms with Crippen molar-refractivity contribution in [2.45, 2.75) is 38.9 Å². The average molecular weight is 355 g/mol. The molecule has 1 atom stereocenters. The van der Waals surface area contributed by atoms with E-state index in [1.165, 1.54) is 18.0 Å². The first kappa shape index (κ1) is 17.2. The summed E-state index contributed by atoms with van der Waals surface area (Å²) in [6, 6.07) is 0. The van der Waals surface area contributed by atoms with E-state index in [2.05, 4.69) is 30.7 Å². The molecule has 0 saturated heterocycles. The standard InChI is InChI=1S/C14H16F3N7O/c1-8-21-11-3-2-9(6-10(11)12(22-8)14(15,16)17)13(25)18-4-5-24-20-7-19-23-24/h7,9H,2-6H2,1H3,(H,18,25). The predicted octanol–water partition coefficient (Wildman–Crippen LogP) is 0.712. The first-order valence-electron chi connectivity index (χ1n) is 7.76. The Morgan fingerprint density at radius 2 is 2.20 bits per heavy atom. The maximum Gasteiger partial charge on any atom is 0.433 e. The monoisotopic (exact) mass is 355 g/mol. The van der Waals surface area contributed by atoms with Crippen LogP contribution in [0.15, 0.2) is 6.33 Å². The number of fused-ring (bicyclic) bond motifs is 1. The second-order valence-corrected chi connectivity index (χ2v) is 5.80. The number of hydrogen-bond donors (Lipinski definition) is 1. The van der Waals surface area contributed by atoms with Crippen LogP contribution in [0.1, 0.15) is 29.2 Å². The van der Waals surface area contributed by atoms with Crippen LogP contribution in [-0.4, -0.2) is 42.6 Å². The summed E-state index contributed by atoms with van der Waals surface area (Å²) in [6.45, 7) is 2.05. The highest BCUT2D eigenvalue weighted by atomic mass is 19.4. The molecule has 134 valence electrons. The van der Waals surface area contributed by atoms with Gasteiger partial charge in [-0.2, -0.15) is 18.0 Å². The van der Waals surface area contributed by atoms with Crippen LogP contribution >= 0.6 is 0 Å². The van der Waals surface area contributed by atoms with Crippen LogP contribution in [0.25, 0.3) is 0 Å². The van der Waals surface area contributed by atoms with Gasteiger partial charge in [-0.15, -0.1) is 10.2 Å². The summed E-state index contributed by atoms with van der Waals surface area (Å²) in [5.74, 6) is -0.739. The van der Waals surface area contributed by atoms with Crippen LogP contribution < -0.4 is 5.32 Å². The molecule has 0 radical (unpaired) electrons. The zero-order valence-electron chi connectivity index (χ0n) is 13.4. The van der Waals surface area contributed by atoms with Gasteiger partial charge in [-0.05, 0) is 31.4 Å². The summed E-state index contributed by atoms with van der Waals surface area (Å²) in [5.41, 5.74) is -0.516. The highest BCUT2D eigenvalue weighted by molar-refractivity contribution is 5.79. The van der Waals surface area contributed by atoms with Crippen LogP contribution in [-0.2, 0) is 30.4 Å². The fraction of sp³-hybridized carbons (Fsp3) is 0.571. The summed E-state index contributed by atoms with van der Waals surface area (Å²) in [5, 5.41) is 13.7. The molecule has 25 heavy (non-hydrogen) atoms. The minimum Gasteiger partial charge on any atom is -0.354 e. The first-order chi connectivity index (χ1) is 11.8. The van der Waals surface area contributed by atoms with Gasteiger partial charge >= 0.3 is 6.18 Å². The molecule has 0 saturated carbocycles. The lowest BCUT2D eigenvalue weighted by Crippen LogP contribution is -2.37. The van der Waals surface area contributed by atoms with E-state index in [0.29, 0.717) is 25.1 Å². The van der Waals surface area contributed by atoms with Gasteiger partial charge in [0.1, 0.15) is 5.82 Å². The Morgan fingerprint density at radius 3 is 2.88 bits per heavy atom. The SMILES string of the molecule is Cc1nc2c(c(C(F)(F)F)n1)CC(C(=O)NCCn1ncnn1)CC2. The van der Waals surface area contributed by atoms with Gasteiger partial charge in [-0.1, -0.05) is 0 Å². The van der Waals surface area contributed by atoms with Crippen molar-refractivity contribution in [3.63, 3.8) is 0 Å². The minimum atomic E-state index is -4.56. The van der Waals surface area contributed by atoms with Crippen molar-refractivity contribution >= 4 is 5.91 Å². The van der Waals surface area contributed by atoms with E-state index in [9.17, 15) is 18.0 Å². The molecule has 2 aromatic heterocycles. The Kier molecular flexibility index (Phi) is 4.64. The van der Waals surface area contributed by atoms with Gasteiger partial charge in [0.05, 0.1) is 6.54 Å². The fourth-order valence-electron chi connectivity index (χ4n) is 2.91. The molecule has 1 unspecified atom stereocenters. The molecule has 1 aliphatic carbocycles. The van der Waals surface area contributed by atoms with Gasteiger partial charge in [0, 0.05) is 23.7 Å². The molecule has 1 N–H and O–H groups in total. The third-order valence-corrected chi connectivity index (χ3v) is 4.03. The molecular weight excluding hydrogens is 339 g/mol. The van der Waals surface area contributed by atoms with Gasteiger partial charge in [-0.25, -0.2) is 9.97 Å². The van der Waals surface area contributed by atoms with Crippen molar-refractivity contribution in [1.82, 2.24) is 35.5 Å². The van der Waals surface area contributed by atoms with Crippen molar-refractivity contribution in [3.8, 4) is 0 Å². The van der Waals surface area contributed by atoms with E-state index in [4.69, 9.17) is 0 Å². The molecule has 0 fully saturated rings. The third-order valence-electron chi connectivity index (χ3n) is 4.03. The lowest BCUT2D eigenvalue weighted by atomic mass is 9.85. The molecule has 0 bridgehead atoms. The second-order valence-electron chi connectivity index (χ2n) is 5.80. The van der Waals surface area contributed by atoms with E-state index >= 15 is 0 Å². The zero-order valence-corrected chi connectivity index (χ0v) is 13.4. The molecular formula is C14H16F3N7O. The number of amides is 1. The molecule has 0 aliphatic heterocycles. The molecule has 3 rings (SSSR count). The van der Waals surface area contributed by atoms with E-state index in [-0.39, 0.29) is 30.3 Å². The van der Waals surface area contributed by atoms with Gasteiger partial charge in [0.15, 0.2) is 12.0 Å². The number of nitrogens with one attached hydrogen (secondary N) is 1. The van der Waals surface area contributed by atoms with E-state index in [1.807, 2.05) is 0 Å². The fourth-order valence-corrected chi connectivity index (χ4v) is 2.91. The molecule has 11 heteroatoms. The van der Waals surface area contributed by atoms with Crippen LogP contribution in [0.4, 0.5) is 13.2 Å². The number of halogens is 3. The second kappa shape index (κ2) is 6.73. The van der Waals surface area contributed by atoms with Crippen LogP contribution in [0.2, 0.25) is 0 Å². The largest absolute Gasteiger partial charge is 0.433 e. The Hall–Kier alpha value is -2.59. The number of aromatic nitrogens is 6. The van der Waals surface area contributed by atoms with Gasteiger partial charge in [0.25, 0.3) is 0 Å². The number of aryl methyl sites for hydroxylation is 2. The first-order valence-corrected chi connectivity index (χ1v) is 7.76. The maximum absolute atomic E-state index is 13.2. The number of carbonyl (C=O) groups is 1. The van der Waals surface area contributed by atoms with Crippen molar-refractivity contribution < 1.29 is 18.0 Å². The number of hydrogen-bond acceptors (Lipinski definition) is 6. The number of nitrogens with zero attached hydrogens (tertiary/aromatic N) is 6. The number of carbonyl (C=O) groups excluding carboxylic acids is 1. The van der Waals surface area contributed by atoms with Crippen molar-refractivity contribution in [1.29, 1.82) is 0 Å². The number of tetrazole rings is 1. The summed E-state index contributed by atoms with van der Waals surface area (Å²) < 4.78 is 39.7. The van der Waals surface area contributed by atoms with E-state index in [0.717, 1.165) is 0 Å². The molecule has 2 aromatic rings. The molecule has 1 amide bonds. The maximum atomic E-state index is 13.2. The van der Waals surface area contributed by atoms with E-state index in [1.54, 1.807) is 0 Å². The van der Waals surface area contributed by atoms with E-state index < -0.39 is 17.8 Å². The Labute approximate surface area is 140 Å². The quantitative estimate of drug-likeness (QED) is 0.867. The molecule has 2 heterocycles. The smallest absolute Gasteiger partial charge is 0.354 e.